The summed E-state index contributed by atoms with van der Waals surface area (Å²) < 4.78 is 13.7. The van der Waals surface area contributed by atoms with E-state index in [0.29, 0.717) is 18.6 Å². The number of carbonyl (C=O) groups excluding carboxylic acids is 2. The molecule has 1 rings (SSSR count). The quantitative estimate of drug-likeness (QED) is 0.0975. The summed E-state index contributed by atoms with van der Waals surface area (Å²) in [5.41, 5.74) is 3.70. The van der Waals surface area contributed by atoms with Gasteiger partial charge in [0.25, 0.3) is 0 Å². The smallest absolute Gasteiger partial charge is 0.316 e. The van der Waals surface area contributed by atoms with Gasteiger partial charge in [-0.1, -0.05) is 88.0 Å². The van der Waals surface area contributed by atoms with E-state index in [4.69, 9.17) is 9.30 Å². The predicted molar refractivity (Wildman–Crippen MR) is 132 cm³/mol. The fourth-order valence-corrected chi connectivity index (χ4v) is 4.03. The Bertz CT molecular complexity index is 646. The molecule has 0 aromatic heterocycles. The van der Waals surface area contributed by atoms with Gasteiger partial charge in [-0.3, -0.25) is 9.59 Å². The zero-order chi connectivity index (χ0) is 23.8. The lowest BCUT2D eigenvalue weighted by Crippen LogP contribution is -2.29. The summed E-state index contributed by atoms with van der Waals surface area (Å²) in [6, 6.07) is 4.02. The largest absolute Gasteiger partial charge is 0.465 e. The fraction of sp³-hybridized carbons (Fsp3) is 0.692. The van der Waals surface area contributed by atoms with E-state index in [1.165, 1.54) is 47.6 Å². The highest BCUT2D eigenvalue weighted by Crippen LogP contribution is 2.25. The zero-order valence-corrected chi connectivity index (χ0v) is 21.7. The number of unbranched alkanes of at least 4 members (excludes halogenated alkanes) is 7. The van der Waals surface area contributed by atoms with Crippen LogP contribution in [0, 0.1) is 32.6 Å². The monoisotopic (exact) mass is 451 g/mol. The van der Waals surface area contributed by atoms with Crippen molar-refractivity contribution in [2.24, 2.45) is 11.8 Å². The topological polar surface area (TPSA) is 60.4 Å². The Kier molecular flexibility index (Phi) is 16.2. The maximum Gasteiger partial charge on any atom is 0.316 e. The van der Waals surface area contributed by atoms with E-state index in [2.05, 4.69) is 6.92 Å². The lowest BCUT2D eigenvalue weighted by atomic mass is 9.85. The van der Waals surface area contributed by atoms with Crippen molar-refractivity contribution in [1.29, 1.82) is 0 Å². The minimum absolute atomic E-state index is 0.0883. The van der Waals surface area contributed by atoms with Gasteiger partial charge in [-0.2, -0.15) is 0 Å². The summed E-state index contributed by atoms with van der Waals surface area (Å²) >= 11 is 0. The number of esters is 1. The third kappa shape index (κ3) is 11.6. The second-order valence-electron chi connectivity index (χ2n) is 8.96. The number of Topliss-reactive ketones (excluding diaryl/α,β-unsaturated/α-hetero) is 1. The molecule has 1 aromatic rings. The minimum atomic E-state index is -0.704. The van der Waals surface area contributed by atoms with Gasteiger partial charge in [-0.15, -0.1) is 0 Å². The van der Waals surface area contributed by atoms with E-state index in [0.717, 1.165) is 29.5 Å². The first-order chi connectivity index (χ1) is 14.8. The third-order valence-electron chi connectivity index (χ3n) is 5.47. The molecule has 4 nitrogen and oxygen atoms in total. The summed E-state index contributed by atoms with van der Waals surface area (Å²) in [6.07, 6.45) is 10.2. The lowest BCUT2D eigenvalue weighted by Gasteiger charge is -2.19. The Hall–Kier alpha value is -1.54. The summed E-state index contributed by atoms with van der Waals surface area (Å²) in [5.74, 6) is -0.893. The number of benzene rings is 1. The summed E-state index contributed by atoms with van der Waals surface area (Å²) in [6.45, 7) is 12.7. The number of aryl methyl sites for hydroxylation is 3. The van der Waals surface area contributed by atoms with Crippen molar-refractivity contribution in [2.45, 2.75) is 99.3 Å². The van der Waals surface area contributed by atoms with Gasteiger partial charge in [-0.05, 0) is 50.7 Å². The van der Waals surface area contributed by atoms with Gasteiger partial charge in [0, 0.05) is 5.56 Å². The second kappa shape index (κ2) is 17.1. The van der Waals surface area contributed by atoms with Crippen molar-refractivity contribution >= 4 is 20.9 Å². The number of ether oxygens (including phenoxy) is 1. The van der Waals surface area contributed by atoms with Gasteiger partial charge in [0.1, 0.15) is 5.92 Å². The highest BCUT2D eigenvalue weighted by molar-refractivity contribution is 7.00. The highest BCUT2D eigenvalue weighted by atomic mass is 31.0. The molecule has 0 saturated heterocycles. The standard InChI is InChI=1S/C26H42O3.H2OP/c1-7-8-9-10-11-12-13-14-15-29-26(28)23(16-19(2)3)25(27)24-21(5)17-20(4)18-22(24)6;1-2/h17-19,23H,7-16H2,1-6H3;2H2/q;+1. The van der Waals surface area contributed by atoms with Gasteiger partial charge in [0.15, 0.2) is 5.78 Å². The maximum atomic E-state index is 13.2. The molecule has 31 heavy (non-hydrogen) atoms. The number of hydrogen-bond donors (Lipinski definition) is 0. The molecule has 2 atom stereocenters. The van der Waals surface area contributed by atoms with Gasteiger partial charge >= 0.3 is 15.1 Å². The molecule has 2 unspecified atom stereocenters. The van der Waals surface area contributed by atoms with Crippen LogP contribution in [0.15, 0.2) is 12.1 Å². The molecule has 176 valence electrons. The Morgan fingerprint density at radius 2 is 1.35 bits per heavy atom. The van der Waals surface area contributed by atoms with Gasteiger partial charge in [0.2, 0.25) is 0 Å². The van der Waals surface area contributed by atoms with Crippen LogP contribution in [-0.4, -0.2) is 18.4 Å². The Morgan fingerprint density at radius 1 is 0.871 bits per heavy atom. The van der Waals surface area contributed by atoms with E-state index in [-0.39, 0.29) is 17.7 Å². The SMILES string of the molecule is CCCCCCCCCCOC(=O)C(CC(C)C)C(=O)c1c(C)cc(C)cc1C.O=[PH2+]. The summed E-state index contributed by atoms with van der Waals surface area (Å²) in [4.78, 5) is 26.0. The normalized spacial score (nSPS) is 11.6. The van der Waals surface area contributed by atoms with Crippen molar-refractivity contribution in [2.75, 3.05) is 6.61 Å². The van der Waals surface area contributed by atoms with Crippen molar-refractivity contribution in [1.82, 2.24) is 0 Å². The molecular weight excluding hydrogens is 407 g/mol. The van der Waals surface area contributed by atoms with E-state index in [1.54, 1.807) is 0 Å². The van der Waals surface area contributed by atoms with Crippen LogP contribution in [-0.2, 0) is 14.1 Å². The summed E-state index contributed by atoms with van der Waals surface area (Å²) in [5, 5.41) is 0. The molecule has 0 saturated carbocycles. The number of hydrogen-bond acceptors (Lipinski definition) is 4. The van der Waals surface area contributed by atoms with E-state index in [9.17, 15) is 9.59 Å². The Labute approximate surface area is 192 Å². The van der Waals surface area contributed by atoms with Crippen LogP contribution >= 0.6 is 9.12 Å². The van der Waals surface area contributed by atoms with Gasteiger partial charge in [-0.25, -0.2) is 0 Å². The van der Waals surface area contributed by atoms with Crippen molar-refractivity contribution in [3.05, 3.63) is 34.4 Å². The van der Waals surface area contributed by atoms with E-state index >= 15 is 0 Å². The molecule has 0 N–H and O–H groups in total. The summed E-state index contributed by atoms with van der Waals surface area (Å²) in [7, 11) is 1.17. The molecule has 0 aliphatic carbocycles. The number of carbonyl (C=O) groups is 2. The van der Waals surface area contributed by atoms with Crippen LogP contribution in [0.2, 0.25) is 0 Å². The van der Waals surface area contributed by atoms with E-state index in [1.807, 2.05) is 46.8 Å². The maximum absolute atomic E-state index is 13.2. The van der Waals surface area contributed by atoms with Gasteiger partial charge in [0.05, 0.1) is 6.61 Å². The zero-order valence-electron chi connectivity index (χ0n) is 20.6. The highest BCUT2D eigenvalue weighted by Gasteiger charge is 2.31. The average Bonchev–Trinajstić information content (AvgIpc) is 2.71. The van der Waals surface area contributed by atoms with Crippen LogP contribution < -0.4 is 0 Å². The molecule has 0 spiro atoms. The molecular formula is C26H44O4P+. The van der Waals surface area contributed by atoms with E-state index < -0.39 is 5.92 Å². The Morgan fingerprint density at radius 3 is 1.84 bits per heavy atom. The van der Waals surface area contributed by atoms with Crippen molar-refractivity contribution < 1.29 is 18.9 Å². The molecule has 0 amide bonds. The first kappa shape index (κ1) is 29.5. The number of rotatable bonds is 14. The number of ketones is 1. The van der Waals surface area contributed by atoms with Crippen LogP contribution in [0.1, 0.15) is 106 Å². The van der Waals surface area contributed by atoms with Gasteiger partial charge < -0.3 is 4.74 Å². The molecule has 0 heterocycles. The molecule has 0 aliphatic heterocycles. The van der Waals surface area contributed by atoms with Crippen LogP contribution in [0.3, 0.4) is 0 Å². The Balaban J connectivity index is 0.00000436. The molecule has 0 radical (unpaired) electrons. The first-order valence-electron chi connectivity index (χ1n) is 11.8. The fourth-order valence-electron chi connectivity index (χ4n) is 4.03. The lowest BCUT2D eigenvalue weighted by molar-refractivity contribution is -0.147. The second-order valence-corrected chi connectivity index (χ2v) is 8.96. The predicted octanol–water partition coefficient (Wildman–Crippen LogP) is 7.35. The molecule has 0 aliphatic rings. The van der Waals surface area contributed by atoms with Crippen molar-refractivity contribution in [3.63, 3.8) is 0 Å². The van der Waals surface area contributed by atoms with Crippen LogP contribution in [0.25, 0.3) is 0 Å². The third-order valence-corrected chi connectivity index (χ3v) is 5.47. The molecule has 1 aromatic carbocycles. The molecule has 0 fully saturated rings. The minimum Gasteiger partial charge on any atom is -0.465 e. The molecule has 0 bridgehead atoms. The van der Waals surface area contributed by atoms with Crippen LogP contribution in [0.4, 0.5) is 0 Å². The van der Waals surface area contributed by atoms with Crippen LogP contribution in [0.5, 0.6) is 0 Å². The first-order valence-corrected chi connectivity index (χ1v) is 12.3. The average molecular weight is 452 g/mol. The van der Waals surface area contributed by atoms with Crippen molar-refractivity contribution in [3.8, 4) is 0 Å². The molecule has 5 heteroatoms.